The number of benzene rings is 1. The smallest absolute Gasteiger partial charge is 0.133 e. The van der Waals surface area contributed by atoms with Gasteiger partial charge in [0.1, 0.15) is 5.82 Å². The second-order valence-corrected chi connectivity index (χ2v) is 5.30. The van der Waals surface area contributed by atoms with E-state index < -0.39 is 0 Å². The Balaban J connectivity index is 2.98. The fourth-order valence-corrected chi connectivity index (χ4v) is 1.87. The molecule has 17 heavy (non-hydrogen) atoms. The lowest BCUT2D eigenvalue weighted by Crippen LogP contribution is -2.32. The summed E-state index contributed by atoms with van der Waals surface area (Å²) in [6.45, 7) is 10.3. The van der Waals surface area contributed by atoms with E-state index in [0.717, 1.165) is 13.1 Å². The van der Waals surface area contributed by atoms with E-state index in [0.29, 0.717) is 23.2 Å². The molecule has 0 bridgehead atoms. The van der Waals surface area contributed by atoms with E-state index in [4.69, 9.17) is 5.73 Å². The van der Waals surface area contributed by atoms with Crippen molar-refractivity contribution in [2.24, 2.45) is 11.8 Å². The van der Waals surface area contributed by atoms with Gasteiger partial charge in [-0.15, -0.1) is 0 Å². The summed E-state index contributed by atoms with van der Waals surface area (Å²) in [5, 5.41) is 0. The summed E-state index contributed by atoms with van der Waals surface area (Å²) in [7, 11) is 0. The highest BCUT2D eigenvalue weighted by atomic mass is 19.1. The van der Waals surface area contributed by atoms with Crippen LogP contribution in [0.15, 0.2) is 12.1 Å². The van der Waals surface area contributed by atoms with Crippen molar-refractivity contribution in [2.45, 2.75) is 27.7 Å². The van der Waals surface area contributed by atoms with Crippen molar-refractivity contribution in [3.8, 4) is 0 Å². The van der Waals surface area contributed by atoms with Crippen LogP contribution < -0.4 is 10.6 Å². The first kappa shape index (κ1) is 13.8. The van der Waals surface area contributed by atoms with Crippen LogP contribution in [0, 0.1) is 23.7 Å². The molecule has 3 heteroatoms. The first-order valence-corrected chi connectivity index (χ1v) is 6.12. The standard InChI is InChI=1S/C14H22FN2/c1-10(2)8-17(9-11(3)4)14-7-12(15)5-6-13(14)16/h5-6,10-11H,8-9,16H2,1-4H3. The van der Waals surface area contributed by atoms with Crippen LogP contribution in [-0.2, 0) is 0 Å². The maximum Gasteiger partial charge on any atom is 0.133 e. The van der Waals surface area contributed by atoms with Crippen molar-refractivity contribution in [1.29, 1.82) is 0 Å². The molecule has 0 aliphatic carbocycles. The number of hydrogen-bond acceptors (Lipinski definition) is 2. The minimum atomic E-state index is -0.355. The number of nitrogens with zero attached hydrogens (tertiary/aromatic N) is 1. The molecule has 1 aromatic rings. The first-order valence-electron chi connectivity index (χ1n) is 6.12. The highest BCUT2D eigenvalue weighted by Gasteiger charge is 2.14. The zero-order valence-electron chi connectivity index (χ0n) is 11.1. The molecule has 0 saturated heterocycles. The van der Waals surface area contributed by atoms with E-state index in [9.17, 15) is 4.39 Å². The van der Waals surface area contributed by atoms with Gasteiger partial charge < -0.3 is 10.6 Å². The summed E-state index contributed by atoms with van der Waals surface area (Å²) in [6, 6.07) is 5.68. The van der Waals surface area contributed by atoms with Gasteiger partial charge in [0.25, 0.3) is 0 Å². The van der Waals surface area contributed by atoms with Crippen molar-refractivity contribution in [1.82, 2.24) is 0 Å². The van der Waals surface area contributed by atoms with Crippen molar-refractivity contribution in [2.75, 3.05) is 23.7 Å². The lowest BCUT2D eigenvalue weighted by Gasteiger charge is -2.29. The van der Waals surface area contributed by atoms with Crippen molar-refractivity contribution >= 4 is 11.4 Å². The molecule has 0 amide bonds. The summed E-state index contributed by atoms with van der Waals surface area (Å²) in [4.78, 5) is 2.12. The Bertz CT molecular complexity index is 351. The lowest BCUT2D eigenvalue weighted by atomic mass is 10.1. The molecule has 2 nitrogen and oxygen atoms in total. The molecule has 0 aromatic heterocycles. The molecule has 1 aromatic carbocycles. The van der Waals surface area contributed by atoms with Crippen LogP contribution in [0.25, 0.3) is 0 Å². The van der Waals surface area contributed by atoms with E-state index in [-0.39, 0.29) is 5.82 Å². The van der Waals surface area contributed by atoms with Crippen LogP contribution in [0.1, 0.15) is 27.7 Å². The third-order valence-electron chi connectivity index (χ3n) is 2.41. The van der Waals surface area contributed by atoms with Crippen molar-refractivity contribution in [3.63, 3.8) is 0 Å². The number of nitrogens with two attached hydrogens (primary N) is 1. The number of rotatable bonds is 5. The fraction of sp³-hybridized carbons (Fsp3) is 0.571. The second-order valence-electron chi connectivity index (χ2n) is 5.30. The van der Waals surface area contributed by atoms with E-state index >= 15 is 0 Å². The fourth-order valence-electron chi connectivity index (χ4n) is 1.87. The molecule has 95 valence electrons. The Labute approximate surface area is 104 Å². The molecule has 0 aliphatic rings. The average molecular weight is 237 g/mol. The van der Waals surface area contributed by atoms with Crippen LogP contribution in [0.2, 0.25) is 0 Å². The highest BCUT2D eigenvalue weighted by molar-refractivity contribution is 5.66. The highest BCUT2D eigenvalue weighted by Crippen LogP contribution is 2.25. The molecular formula is C14H22FN2. The Hall–Kier alpha value is -1.25. The third-order valence-corrected chi connectivity index (χ3v) is 2.41. The zero-order valence-corrected chi connectivity index (χ0v) is 11.1. The van der Waals surface area contributed by atoms with Crippen LogP contribution in [0.3, 0.4) is 0 Å². The SMILES string of the molecule is CC(C)CN(CC(C)C)c1[c]c(F)ccc1N. The molecule has 2 N–H and O–H groups in total. The summed E-state index contributed by atoms with van der Waals surface area (Å²) >= 11 is 0. The van der Waals surface area contributed by atoms with Gasteiger partial charge in [-0.1, -0.05) is 27.7 Å². The predicted molar refractivity (Wildman–Crippen MR) is 71.5 cm³/mol. The van der Waals surface area contributed by atoms with Gasteiger partial charge >= 0.3 is 0 Å². The molecule has 0 aliphatic heterocycles. The van der Waals surface area contributed by atoms with Crippen LogP contribution >= 0.6 is 0 Å². The molecule has 0 unspecified atom stereocenters. The normalized spacial score (nSPS) is 11.2. The van der Waals surface area contributed by atoms with Gasteiger partial charge in [-0.25, -0.2) is 4.39 Å². The van der Waals surface area contributed by atoms with Gasteiger partial charge in [-0.3, -0.25) is 0 Å². The molecule has 1 radical (unpaired) electrons. The molecule has 0 heterocycles. The monoisotopic (exact) mass is 237 g/mol. The van der Waals surface area contributed by atoms with Gasteiger partial charge in [0.05, 0.1) is 11.4 Å². The van der Waals surface area contributed by atoms with Crippen molar-refractivity contribution in [3.05, 3.63) is 24.0 Å². The Morgan fingerprint density at radius 3 is 2.18 bits per heavy atom. The quantitative estimate of drug-likeness (QED) is 0.796. The molecule has 0 fully saturated rings. The topological polar surface area (TPSA) is 29.3 Å². The average Bonchev–Trinajstić information content (AvgIpc) is 2.19. The number of halogens is 1. The predicted octanol–water partition coefficient (Wildman–Crippen LogP) is 3.33. The van der Waals surface area contributed by atoms with Crippen LogP contribution in [0.5, 0.6) is 0 Å². The van der Waals surface area contributed by atoms with Crippen LogP contribution in [-0.4, -0.2) is 13.1 Å². The largest absolute Gasteiger partial charge is 0.397 e. The number of hydrogen-bond donors (Lipinski definition) is 1. The van der Waals surface area contributed by atoms with E-state index in [1.54, 1.807) is 6.07 Å². The summed E-state index contributed by atoms with van der Waals surface area (Å²) in [5.41, 5.74) is 7.18. The minimum Gasteiger partial charge on any atom is -0.397 e. The number of nitrogen functional groups attached to an aromatic ring is 1. The molecular weight excluding hydrogens is 215 g/mol. The van der Waals surface area contributed by atoms with Gasteiger partial charge in [0, 0.05) is 19.2 Å². The van der Waals surface area contributed by atoms with Crippen LogP contribution in [0.4, 0.5) is 15.8 Å². The third kappa shape index (κ3) is 4.25. The maximum absolute atomic E-state index is 13.2. The molecule has 0 spiro atoms. The molecule has 0 atom stereocenters. The molecule has 1 rings (SSSR count). The van der Waals surface area contributed by atoms with Gasteiger partial charge in [0.15, 0.2) is 0 Å². The minimum absolute atomic E-state index is 0.355. The molecule has 0 saturated carbocycles. The summed E-state index contributed by atoms with van der Waals surface area (Å²) in [5.74, 6) is 0.654. The lowest BCUT2D eigenvalue weighted by molar-refractivity contribution is 0.550. The second kappa shape index (κ2) is 5.89. The zero-order chi connectivity index (χ0) is 13.0. The van der Waals surface area contributed by atoms with Gasteiger partial charge in [-0.05, 0) is 24.0 Å². The summed E-state index contributed by atoms with van der Waals surface area (Å²) in [6.07, 6.45) is 0. The first-order chi connectivity index (χ1) is 7.90. The van der Waals surface area contributed by atoms with Gasteiger partial charge in [0.2, 0.25) is 0 Å². The van der Waals surface area contributed by atoms with Crippen molar-refractivity contribution < 1.29 is 4.39 Å². The Morgan fingerprint density at radius 2 is 1.71 bits per heavy atom. The van der Waals surface area contributed by atoms with E-state index in [2.05, 4.69) is 38.7 Å². The van der Waals surface area contributed by atoms with Gasteiger partial charge in [-0.2, -0.15) is 0 Å². The Morgan fingerprint density at radius 1 is 1.18 bits per heavy atom. The Kier molecular flexibility index (Phi) is 4.79. The summed E-state index contributed by atoms with van der Waals surface area (Å²) < 4.78 is 13.2. The number of anilines is 2. The van der Waals surface area contributed by atoms with E-state index in [1.807, 2.05) is 0 Å². The maximum atomic E-state index is 13.2. The van der Waals surface area contributed by atoms with E-state index in [1.165, 1.54) is 6.07 Å².